The summed E-state index contributed by atoms with van der Waals surface area (Å²) in [5.41, 5.74) is 1.65. The number of rotatable bonds is 5. The van der Waals surface area contributed by atoms with E-state index in [1.165, 1.54) is 6.07 Å². The van der Waals surface area contributed by atoms with E-state index in [0.717, 1.165) is 5.56 Å². The summed E-state index contributed by atoms with van der Waals surface area (Å²) in [7, 11) is 0. The summed E-state index contributed by atoms with van der Waals surface area (Å²) in [6.07, 6.45) is 0. The van der Waals surface area contributed by atoms with Crippen molar-refractivity contribution in [1.82, 2.24) is 10.5 Å². The van der Waals surface area contributed by atoms with Crippen LogP contribution in [0.5, 0.6) is 0 Å². The molecule has 0 aliphatic carbocycles. The lowest BCUT2D eigenvalue weighted by molar-refractivity contribution is -0.140. The van der Waals surface area contributed by atoms with Crippen LogP contribution in [0.4, 0.5) is 0 Å². The number of nitrogens with one attached hydrogen (secondary N) is 1. The summed E-state index contributed by atoms with van der Waals surface area (Å²) in [5, 5.41) is 24.8. The Morgan fingerprint density at radius 1 is 1.17 bits per heavy atom. The molecule has 0 spiro atoms. The Bertz CT molecular complexity index is 888. The molecule has 1 atom stereocenters. The molecule has 0 bridgehead atoms. The van der Waals surface area contributed by atoms with E-state index in [-0.39, 0.29) is 5.56 Å². The highest BCUT2D eigenvalue weighted by Crippen LogP contribution is 2.29. The van der Waals surface area contributed by atoms with Crippen molar-refractivity contribution in [2.75, 3.05) is 6.61 Å². The maximum absolute atomic E-state index is 12.2. The van der Waals surface area contributed by atoms with Gasteiger partial charge in [-0.25, -0.2) is 4.79 Å². The number of hydrogen-bond donors (Lipinski definition) is 3. The van der Waals surface area contributed by atoms with Crippen LogP contribution in [0.1, 0.15) is 10.4 Å². The van der Waals surface area contributed by atoms with Gasteiger partial charge >= 0.3 is 5.97 Å². The van der Waals surface area contributed by atoms with Crippen molar-refractivity contribution in [3.8, 4) is 11.3 Å². The summed E-state index contributed by atoms with van der Waals surface area (Å²) in [4.78, 5) is 23.1. The third-order valence-electron chi connectivity index (χ3n) is 3.56. The summed E-state index contributed by atoms with van der Waals surface area (Å²) >= 11 is 0. The third kappa shape index (κ3) is 2.97. The number of aliphatic hydroxyl groups excluding tert-OH is 1. The number of carboxylic acid groups (broad SMARTS) is 1. The maximum atomic E-state index is 12.2. The quantitative estimate of drug-likeness (QED) is 0.657. The van der Waals surface area contributed by atoms with Crippen molar-refractivity contribution in [2.45, 2.75) is 6.04 Å². The minimum absolute atomic E-state index is 0.252. The molecule has 122 valence electrons. The first-order valence-corrected chi connectivity index (χ1v) is 7.19. The molecular weight excluding hydrogens is 312 g/mol. The molecule has 3 rings (SSSR count). The molecule has 0 aliphatic rings. The number of aliphatic hydroxyl groups is 1. The Labute approximate surface area is 136 Å². The van der Waals surface area contributed by atoms with E-state index in [2.05, 4.69) is 10.5 Å². The Hall–Kier alpha value is -3.19. The first-order chi connectivity index (χ1) is 11.6. The van der Waals surface area contributed by atoms with Crippen molar-refractivity contribution < 1.29 is 24.3 Å². The van der Waals surface area contributed by atoms with Gasteiger partial charge in [0.1, 0.15) is 5.52 Å². The van der Waals surface area contributed by atoms with Gasteiger partial charge in [0.25, 0.3) is 5.91 Å². The predicted molar refractivity (Wildman–Crippen MR) is 85.4 cm³/mol. The molecule has 0 fully saturated rings. The first-order valence-electron chi connectivity index (χ1n) is 7.19. The number of hydrogen-bond acceptors (Lipinski definition) is 5. The summed E-state index contributed by atoms with van der Waals surface area (Å²) in [6.45, 7) is -0.689. The molecule has 0 saturated carbocycles. The second-order valence-corrected chi connectivity index (χ2v) is 5.16. The monoisotopic (exact) mass is 326 g/mol. The van der Waals surface area contributed by atoms with E-state index in [9.17, 15) is 9.59 Å². The molecule has 3 N–H and O–H groups in total. The number of benzene rings is 2. The molecule has 1 amide bonds. The molecule has 0 radical (unpaired) electrons. The number of carbonyl (C=O) groups is 2. The zero-order valence-electron chi connectivity index (χ0n) is 12.5. The molecule has 3 aromatic rings. The molecule has 1 aromatic heterocycles. The molecule has 7 heteroatoms. The van der Waals surface area contributed by atoms with Crippen LogP contribution < -0.4 is 5.32 Å². The SMILES string of the molecule is O=C(N[C@H](CO)C(=O)O)c1ccc2noc(-c3ccccc3)c2c1. The van der Waals surface area contributed by atoms with Gasteiger partial charge in [0, 0.05) is 11.1 Å². The van der Waals surface area contributed by atoms with Gasteiger partial charge in [0.2, 0.25) is 0 Å². The zero-order valence-corrected chi connectivity index (χ0v) is 12.5. The highest BCUT2D eigenvalue weighted by molar-refractivity contribution is 6.02. The highest BCUT2D eigenvalue weighted by Gasteiger charge is 2.20. The lowest BCUT2D eigenvalue weighted by atomic mass is 10.1. The van der Waals surface area contributed by atoms with Crippen LogP contribution in [0.25, 0.3) is 22.2 Å². The fraction of sp³-hybridized carbons (Fsp3) is 0.118. The van der Waals surface area contributed by atoms with E-state index in [4.69, 9.17) is 14.7 Å². The average Bonchev–Trinajstić information content (AvgIpc) is 3.03. The fourth-order valence-electron chi connectivity index (χ4n) is 2.31. The van der Waals surface area contributed by atoms with E-state index >= 15 is 0 Å². The van der Waals surface area contributed by atoms with Crippen LogP contribution in [0.15, 0.2) is 53.1 Å². The number of carboxylic acids is 1. The smallest absolute Gasteiger partial charge is 0.328 e. The second kappa shape index (κ2) is 6.51. The standard InChI is InChI=1S/C17H14N2O5/c20-9-14(17(22)23)18-16(21)11-6-7-13-12(8-11)15(24-19-13)10-4-2-1-3-5-10/h1-8,14,20H,9H2,(H,18,21)(H,22,23)/t14-/m1/s1. The van der Waals surface area contributed by atoms with Gasteiger partial charge in [-0.15, -0.1) is 0 Å². The average molecular weight is 326 g/mol. The largest absolute Gasteiger partial charge is 0.480 e. The highest BCUT2D eigenvalue weighted by atomic mass is 16.5. The summed E-state index contributed by atoms with van der Waals surface area (Å²) in [5.74, 6) is -1.38. The van der Waals surface area contributed by atoms with E-state index in [0.29, 0.717) is 16.7 Å². The maximum Gasteiger partial charge on any atom is 0.328 e. The van der Waals surface area contributed by atoms with E-state index in [1.807, 2.05) is 30.3 Å². The van der Waals surface area contributed by atoms with Crippen molar-refractivity contribution in [3.05, 3.63) is 54.1 Å². The lowest BCUT2D eigenvalue weighted by Crippen LogP contribution is -2.43. The fourth-order valence-corrected chi connectivity index (χ4v) is 2.31. The predicted octanol–water partition coefficient (Wildman–Crippen LogP) is 1.67. The van der Waals surface area contributed by atoms with Crippen LogP contribution in [0.3, 0.4) is 0 Å². The number of fused-ring (bicyclic) bond motifs is 1. The van der Waals surface area contributed by atoms with Crippen molar-refractivity contribution in [2.24, 2.45) is 0 Å². The Morgan fingerprint density at radius 3 is 2.58 bits per heavy atom. The van der Waals surface area contributed by atoms with E-state index < -0.39 is 24.5 Å². The Balaban J connectivity index is 1.96. The third-order valence-corrected chi connectivity index (χ3v) is 3.56. The van der Waals surface area contributed by atoms with Crippen molar-refractivity contribution >= 4 is 22.8 Å². The molecule has 1 heterocycles. The lowest BCUT2D eigenvalue weighted by Gasteiger charge is -2.11. The molecule has 2 aromatic carbocycles. The molecular formula is C17H14N2O5. The van der Waals surface area contributed by atoms with Crippen LogP contribution in [0, 0.1) is 0 Å². The van der Waals surface area contributed by atoms with Crippen LogP contribution >= 0.6 is 0 Å². The Morgan fingerprint density at radius 2 is 1.92 bits per heavy atom. The van der Waals surface area contributed by atoms with Crippen LogP contribution in [-0.4, -0.2) is 39.9 Å². The topological polar surface area (TPSA) is 113 Å². The molecule has 0 unspecified atom stereocenters. The van der Waals surface area contributed by atoms with Gasteiger partial charge in [-0.3, -0.25) is 4.79 Å². The van der Waals surface area contributed by atoms with Gasteiger partial charge < -0.3 is 20.1 Å². The van der Waals surface area contributed by atoms with Gasteiger partial charge in [0.15, 0.2) is 11.8 Å². The molecule has 24 heavy (non-hydrogen) atoms. The number of aromatic nitrogens is 1. The molecule has 0 aliphatic heterocycles. The number of nitrogens with zero attached hydrogens (tertiary/aromatic N) is 1. The molecule has 7 nitrogen and oxygen atoms in total. The number of carbonyl (C=O) groups excluding carboxylic acids is 1. The van der Waals surface area contributed by atoms with Crippen molar-refractivity contribution in [3.63, 3.8) is 0 Å². The van der Waals surface area contributed by atoms with Crippen LogP contribution in [0.2, 0.25) is 0 Å². The Kier molecular flexibility index (Phi) is 4.26. The van der Waals surface area contributed by atoms with Crippen molar-refractivity contribution in [1.29, 1.82) is 0 Å². The molecule has 0 saturated heterocycles. The van der Waals surface area contributed by atoms with Gasteiger partial charge in [-0.1, -0.05) is 35.5 Å². The van der Waals surface area contributed by atoms with E-state index in [1.54, 1.807) is 12.1 Å². The van der Waals surface area contributed by atoms with Gasteiger partial charge in [-0.05, 0) is 18.2 Å². The summed E-state index contributed by atoms with van der Waals surface area (Å²) in [6, 6.07) is 12.7. The minimum Gasteiger partial charge on any atom is -0.480 e. The number of aliphatic carboxylic acids is 1. The van der Waals surface area contributed by atoms with Gasteiger partial charge in [-0.2, -0.15) is 0 Å². The number of amides is 1. The minimum atomic E-state index is -1.36. The second-order valence-electron chi connectivity index (χ2n) is 5.16. The van der Waals surface area contributed by atoms with Crippen LogP contribution in [-0.2, 0) is 4.79 Å². The first kappa shape index (κ1) is 15.7. The van der Waals surface area contributed by atoms with Gasteiger partial charge in [0.05, 0.1) is 12.0 Å². The zero-order chi connectivity index (χ0) is 17.1. The summed E-state index contributed by atoms with van der Waals surface area (Å²) < 4.78 is 5.36. The normalized spacial score (nSPS) is 12.0.